The van der Waals surface area contributed by atoms with E-state index >= 15 is 0 Å². The van der Waals surface area contributed by atoms with E-state index in [1.165, 1.54) is 7.11 Å². The van der Waals surface area contributed by atoms with E-state index < -0.39 is 11.9 Å². The summed E-state index contributed by atoms with van der Waals surface area (Å²) in [6, 6.07) is 2.11. The number of hydrogen-bond donors (Lipinski definition) is 1. The van der Waals surface area contributed by atoms with Crippen molar-refractivity contribution in [3.63, 3.8) is 0 Å². The molecule has 0 saturated heterocycles. The van der Waals surface area contributed by atoms with E-state index in [-0.39, 0.29) is 21.5 Å². The lowest BCUT2D eigenvalue weighted by atomic mass is 9.82. The van der Waals surface area contributed by atoms with E-state index in [2.05, 4.69) is 62.7 Å². The molecule has 1 unspecified atom stereocenters. The summed E-state index contributed by atoms with van der Waals surface area (Å²) >= 11 is 4.56. The van der Waals surface area contributed by atoms with E-state index in [0.29, 0.717) is 11.6 Å². The van der Waals surface area contributed by atoms with Gasteiger partial charge in [0.2, 0.25) is 11.0 Å². The highest BCUT2D eigenvalue weighted by atomic mass is 79.9. The number of aromatic hydroxyl groups is 1. The highest BCUT2D eigenvalue weighted by Gasteiger charge is 2.37. The number of azo groups is 1. The van der Waals surface area contributed by atoms with Crippen LogP contribution >= 0.6 is 27.7 Å². The van der Waals surface area contributed by atoms with E-state index in [0.717, 1.165) is 50.8 Å². The van der Waals surface area contributed by atoms with Crippen LogP contribution in [0.1, 0.15) is 44.2 Å². The maximum atomic E-state index is 12.0. The van der Waals surface area contributed by atoms with Crippen molar-refractivity contribution in [2.24, 2.45) is 15.2 Å². The molecule has 0 bridgehead atoms. The minimum absolute atomic E-state index is 0.0262. The van der Waals surface area contributed by atoms with Gasteiger partial charge >= 0.3 is 5.97 Å². The van der Waals surface area contributed by atoms with Crippen molar-refractivity contribution in [1.29, 1.82) is 0 Å². The summed E-state index contributed by atoms with van der Waals surface area (Å²) in [5.74, 6) is -0.893. The molecule has 8 nitrogen and oxygen atoms in total. The lowest BCUT2D eigenvalue weighted by Gasteiger charge is -2.37. The van der Waals surface area contributed by atoms with E-state index in [1.54, 1.807) is 0 Å². The van der Waals surface area contributed by atoms with Crippen molar-refractivity contribution in [3.05, 3.63) is 32.6 Å². The fourth-order valence-corrected chi connectivity index (χ4v) is 5.46. The van der Waals surface area contributed by atoms with Crippen molar-refractivity contribution < 1.29 is 19.4 Å². The Morgan fingerprint density at radius 3 is 2.84 bits per heavy atom. The number of rotatable bonds is 2. The molecule has 4 rings (SSSR count). The molecule has 1 aromatic heterocycles. The van der Waals surface area contributed by atoms with Crippen LogP contribution in [0.25, 0.3) is 10.9 Å². The van der Waals surface area contributed by atoms with Gasteiger partial charge < -0.3 is 14.4 Å². The molecule has 1 N–H and O–H groups in total. The van der Waals surface area contributed by atoms with Gasteiger partial charge in [-0.15, -0.1) is 10.2 Å². The number of thioether (sulfide) groups is 1. The molecule has 2 aromatic rings. The Hall–Kier alpha value is -2.46. The van der Waals surface area contributed by atoms with Crippen LogP contribution in [0, 0.1) is 6.92 Å². The molecular weight excluding hydrogens is 484 g/mol. The van der Waals surface area contributed by atoms with Gasteiger partial charge in [0, 0.05) is 21.5 Å². The second-order valence-electron chi connectivity index (χ2n) is 8.25. The van der Waals surface area contributed by atoms with Gasteiger partial charge in [0.15, 0.2) is 5.69 Å². The quantitative estimate of drug-likeness (QED) is 0.333. The SMILES string of the molecule is COC(=O)C=C1SC(N=Nc2c(O)n3c4c(cc(Br)c(C)c24)C(C)CC3(C)C)=NC1=O. The number of hydrogen-bond acceptors (Lipinski definition) is 7. The molecule has 0 radical (unpaired) electrons. The number of esters is 1. The number of halogens is 1. The van der Waals surface area contributed by atoms with Gasteiger partial charge in [-0.25, -0.2) is 4.79 Å². The zero-order valence-electron chi connectivity index (χ0n) is 17.7. The van der Waals surface area contributed by atoms with Crippen molar-refractivity contribution in [2.75, 3.05) is 7.11 Å². The standard InChI is InChI=1S/C21H21BrN4O4S/c1-9-8-21(3,4)26-17-11(9)6-12(22)10(2)15(17)16(19(26)29)24-25-20-23-18(28)13(31-20)7-14(27)30-5/h6-7,9,29H,8H2,1-5H3. The van der Waals surface area contributed by atoms with Crippen molar-refractivity contribution in [1.82, 2.24) is 4.57 Å². The topological polar surface area (TPSA) is 106 Å². The third-order valence-electron chi connectivity index (χ3n) is 5.65. The number of ether oxygens (including phenoxy) is 1. The molecule has 2 aliphatic heterocycles. The van der Waals surface area contributed by atoms with Gasteiger partial charge in [-0.05, 0) is 62.1 Å². The molecule has 1 aromatic carbocycles. The summed E-state index contributed by atoms with van der Waals surface area (Å²) in [5.41, 5.74) is 3.04. The first-order valence-electron chi connectivity index (χ1n) is 9.64. The fraction of sp³-hybridized carbons (Fsp3) is 0.381. The first-order valence-corrected chi connectivity index (χ1v) is 11.2. The number of carbonyl (C=O) groups is 2. The zero-order chi connectivity index (χ0) is 22.7. The summed E-state index contributed by atoms with van der Waals surface area (Å²) in [6.45, 7) is 8.31. The Labute approximate surface area is 191 Å². The summed E-state index contributed by atoms with van der Waals surface area (Å²) in [4.78, 5) is 27.4. The second-order valence-corrected chi connectivity index (χ2v) is 10.1. The number of carbonyl (C=O) groups excluding carboxylic acids is 2. The molecule has 162 valence electrons. The van der Waals surface area contributed by atoms with Gasteiger partial charge in [0.05, 0.1) is 17.5 Å². The molecule has 31 heavy (non-hydrogen) atoms. The molecule has 3 heterocycles. The number of aliphatic imine (C=N–C) groups is 1. The Morgan fingerprint density at radius 2 is 2.16 bits per heavy atom. The Bertz CT molecular complexity index is 1240. The summed E-state index contributed by atoms with van der Waals surface area (Å²) in [6.07, 6.45) is 1.93. The average Bonchev–Trinajstić information content (AvgIpc) is 3.19. The molecule has 1 amide bonds. The first-order chi connectivity index (χ1) is 14.5. The van der Waals surface area contributed by atoms with Crippen LogP contribution in [0.3, 0.4) is 0 Å². The van der Waals surface area contributed by atoms with E-state index in [1.807, 2.05) is 11.5 Å². The van der Waals surface area contributed by atoms with Crippen LogP contribution in [0.4, 0.5) is 5.69 Å². The van der Waals surface area contributed by atoms with E-state index in [4.69, 9.17) is 0 Å². The molecule has 2 aliphatic rings. The van der Waals surface area contributed by atoms with Crippen LogP contribution < -0.4 is 0 Å². The van der Waals surface area contributed by atoms with Gasteiger partial charge in [0.25, 0.3) is 5.91 Å². The predicted molar refractivity (Wildman–Crippen MR) is 123 cm³/mol. The zero-order valence-corrected chi connectivity index (χ0v) is 20.1. The number of aromatic nitrogens is 1. The smallest absolute Gasteiger partial charge is 0.331 e. The summed E-state index contributed by atoms with van der Waals surface area (Å²) in [5, 5.41) is 20.5. The number of amidine groups is 1. The second kappa shape index (κ2) is 7.59. The van der Waals surface area contributed by atoms with Crippen LogP contribution in [-0.2, 0) is 19.9 Å². The first kappa shape index (κ1) is 21.8. The molecule has 10 heteroatoms. The maximum Gasteiger partial charge on any atom is 0.331 e. The molecule has 0 fully saturated rings. The lowest BCUT2D eigenvalue weighted by molar-refractivity contribution is -0.135. The highest BCUT2D eigenvalue weighted by molar-refractivity contribution is 9.10. The maximum absolute atomic E-state index is 12.0. The molecular formula is C21H21BrN4O4S. The minimum atomic E-state index is -0.646. The number of benzene rings is 1. The number of nitrogens with zero attached hydrogens (tertiary/aromatic N) is 4. The number of amides is 1. The Balaban J connectivity index is 1.84. The molecule has 0 aliphatic carbocycles. The van der Waals surface area contributed by atoms with Crippen LogP contribution in [0.5, 0.6) is 5.88 Å². The number of methoxy groups -OCH3 is 1. The van der Waals surface area contributed by atoms with E-state index in [9.17, 15) is 14.7 Å². The highest BCUT2D eigenvalue weighted by Crippen LogP contribution is 2.52. The van der Waals surface area contributed by atoms with Gasteiger partial charge in [0.1, 0.15) is 0 Å². The Morgan fingerprint density at radius 1 is 1.45 bits per heavy atom. The normalized spacial score (nSPS) is 21.4. The summed E-state index contributed by atoms with van der Waals surface area (Å²) < 4.78 is 7.40. The van der Waals surface area contributed by atoms with Crippen LogP contribution in [0.15, 0.2) is 36.7 Å². The largest absolute Gasteiger partial charge is 0.493 e. The molecule has 0 saturated carbocycles. The van der Waals surface area contributed by atoms with Crippen molar-refractivity contribution in [2.45, 2.75) is 45.6 Å². The molecule has 0 spiro atoms. The predicted octanol–water partition coefficient (Wildman–Crippen LogP) is 5.43. The Kier molecular flexibility index (Phi) is 5.33. The summed E-state index contributed by atoms with van der Waals surface area (Å²) in [7, 11) is 1.23. The van der Waals surface area contributed by atoms with Crippen molar-refractivity contribution in [3.8, 4) is 5.88 Å². The van der Waals surface area contributed by atoms with Crippen molar-refractivity contribution >= 4 is 61.3 Å². The fourth-order valence-electron chi connectivity index (χ4n) is 4.32. The lowest BCUT2D eigenvalue weighted by Crippen LogP contribution is -2.31. The number of aryl methyl sites for hydroxylation is 1. The average molecular weight is 505 g/mol. The van der Waals surface area contributed by atoms with Gasteiger partial charge in [-0.2, -0.15) is 4.99 Å². The molecule has 1 atom stereocenters. The van der Waals surface area contributed by atoms with Crippen LogP contribution in [0.2, 0.25) is 0 Å². The minimum Gasteiger partial charge on any atom is -0.493 e. The third kappa shape index (κ3) is 3.51. The monoisotopic (exact) mass is 504 g/mol. The van der Waals surface area contributed by atoms with Gasteiger partial charge in [-0.3, -0.25) is 4.79 Å². The van der Waals surface area contributed by atoms with Crippen LogP contribution in [-0.4, -0.2) is 33.8 Å². The van der Waals surface area contributed by atoms with Gasteiger partial charge in [-0.1, -0.05) is 22.9 Å². The third-order valence-corrected chi connectivity index (χ3v) is 7.34.